The van der Waals surface area contributed by atoms with Crippen LogP contribution in [0.2, 0.25) is 0 Å². The van der Waals surface area contributed by atoms with Crippen molar-refractivity contribution in [3.8, 4) is 6.07 Å². The van der Waals surface area contributed by atoms with Gasteiger partial charge >= 0.3 is 0 Å². The second-order valence-electron chi connectivity index (χ2n) is 5.40. The van der Waals surface area contributed by atoms with Crippen LogP contribution in [0.5, 0.6) is 0 Å². The van der Waals surface area contributed by atoms with E-state index >= 15 is 0 Å². The number of hydrogen-bond donors (Lipinski definition) is 0. The molecule has 86 valence electrons. The Bertz CT molecular complexity index is 359. The first-order valence-corrected chi connectivity index (χ1v) is 5.73. The van der Waals surface area contributed by atoms with Crippen LogP contribution in [0, 0.1) is 28.6 Å². The Labute approximate surface area is 95.2 Å². The normalized spacial score (nSPS) is 29.4. The summed E-state index contributed by atoms with van der Waals surface area (Å²) >= 11 is 0. The van der Waals surface area contributed by atoms with Gasteiger partial charge in [0.05, 0.1) is 23.3 Å². The fourth-order valence-corrected chi connectivity index (χ4v) is 2.65. The Morgan fingerprint density at radius 1 is 1.31 bits per heavy atom. The van der Waals surface area contributed by atoms with E-state index in [0.29, 0.717) is 0 Å². The van der Waals surface area contributed by atoms with Crippen LogP contribution in [0.4, 0.5) is 0 Å². The molecule has 1 aliphatic heterocycles. The van der Waals surface area contributed by atoms with E-state index < -0.39 is 5.41 Å². The van der Waals surface area contributed by atoms with Crippen LogP contribution < -0.4 is 0 Å². The molecule has 1 aliphatic carbocycles. The third-order valence-corrected chi connectivity index (χ3v) is 3.54. The Morgan fingerprint density at radius 3 is 2.25 bits per heavy atom. The van der Waals surface area contributed by atoms with Crippen molar-refractivity contribution in [1.82, 2.24) is 4.90 Å². The minimum absolute atomic E-state index is 0.0594. The summed E-state index contributed by atoms with van der Waals surface area (Å²) in [7, 11) is 0. The summed E-state index contributed by atoms with van der Waals surface area (Å²) in [5, 5.41) is 8.93. The van der Waals surface area contributed by atoms with Crippen LogP contribution in [0.3, 0.4) is 0 Å². The van der Waals surface area contributed by atoms with Crippen LogP contribution in [-0.4, -0.2) is 23.3 Å². The third kappa shape index (κ3) is 1.60. The van der Waals surface area contributed by atoms with Crippen molar-refractivity contribution in [1.29, 1.82) is 5.26 Å². The lowest BCUT2D eigenvalue weighted by Gasteiger charge is -2.23. The summed E-state index contributed by atoms with van der Waals surface area (Å²) in [6, 6.07) is 2.13. The maximum Gasteiger partial charge on any atom is 0.233 e. The smallest absolute Gasteiger partial charge is 0.233 e. The van der Waals surface area contributed by atoms with Crippen LogP contribution in [0.15, 0.2) is 0 Å². The topological polar surface area (TPSA) is 61.2 Å². The number of hydrogen-bond acceptors (Lipinski definition) is 3. The number of likely N-dealkylation sites (tertiary alicyclic amines) is 1. The number of carbonyl (C=O) groups excluding carboxylic acids is 2. The van der Waals surface area contributed by atoms with E-state index in [4.69, 9.17) is 5.26 Å². The minimum Gasteiger partial charge on any atom is -0.281 e. The van der Waals surface area contributed by atoms with Gasteiger partial charge in [-0.3, -0.25) is 14.5 Å². The van der Waals surface area contributed by atoms with Gasteiger partial charge in [-0.25, -0.2) is 0 Å². The zero-order chi connectivity index (χ0) is 11.9. The van der Waals surface area contributed by atoms with E-state index in [0.717, 1.165) is 19.3 Å². The molecule has 0 aromatic carbocycles. The highest BCUT2D eigenvalue weighted by atomic mass is 16.2. The zero-order valence-corrected chi connectivity index (χ0v) is 9.69. The first kappa shape index (κ1) is 11.1. The molecule has 4 nitrogen and oxygen atoms in total. The van der Waals surface area contributed by atoms with Gasteiger partial charge in [0, 0.05) is 6.54 Å². The average molecular weight is 220 g/mol. The van der Waals surface area contributed by atoms with Crippen molar-refractivity contribution in [2.75, 3.05) is 6.54 Å². The van der Waals surface area contributed by atoms with Crippen LogP contribution in [-0.2, 0) is 9.59 Å². The molecular formula is C12H16N2O2. The predicted molar refractivity (Wildman–Crippen MR) is 56.9 cm³/mol. The lowest BCUT2D eigenvalue weighted by Crippen LogP contribution is -2.39. The van der Waals surface area contributed by atoms with Crippen molar-refractivity contribution < 1.29 is 9.59 Å². The zero-order valence-electron chi connectivity index (χ0n) is 9.69. The van der Waals surface area contributed by atoms with E-state index in [1.807, 2.05) is 0 Å². The number of amides is 2. The van der Waals surface area contributed by atoms with E-state index in [-0.39, 0.29) is 30.2 Å². The van der Waals surface area contributed by atoms with Gasteiger partial charge in [0.1, 0.15) is 0 Å². The van der Waals surface area contributed by atoms with Gasteiger partial charge in [0.2, 0.25) is 11.8 Å². The minimum atomic E-state index is -0.649. The fraction of sp³-hybridized carbons (Fsp3) is 0.750. The van der Waals surface area contributed by atoms with Crippen LogP contribution in [0.25, 0.3) is 0 Å². The predicted octanol–water partition coefficient (Wildman–Crippen LogP) is 1.32. The summed E-state index contributed by atoms with van der Waals surface area (Å²) in [5.74, 6) is -0.310. The quantitative estimate of drug-likeness (QED) is 0.659. The van der Waals surface area contributed by atoms with Crippen molar-refractivity contribution >= 4 is 11.8 Å². The fourth-order valence-electron chi connectivity index (χ4n) is 2.65. The molecule has 1 heterocycles. The van der Waals surface area contributed by atoms with Crippen molar-refractivity contribution in [3.63, 3.8) is 0 Å². The molecule has 2 fully saturated rings. The number of fused-ring (bicyclic) bond motifs is 1. The molecule has 2 atom stereocenters. The molecule has 16 heavy (non-hydrogen) atoms. The maximum atomic E-state index is 12.0. The second kappa shape index (κ2) is 3.58. The number of rotatable bonds is 2. The number of nitriles is 1. The molecule has 2 amide bonds. The van der Waals surface area contributed by atoms with Gasteiger partial charge in [-0.05, 0) is 26.7 Å². The highest BCUT2D eigenvalue weighted by molar-refractivity contribution is 6.05. The molecule has 1 saturated carbocycles. The SMILES string of the molecule is CC(C)(C#N)CN1C(=O)C2CCCC2C1=O. The third-order valence-electron chi connectivity index (χ3n) is 3.54. The van der Waals surface area contributed by atoms with Gasteiger partial charge in [0.15, 0.2) is 0 Å². The van der Waals surface area contributed by atoms with Crippen LogP contribution >= 0.6 is 0 Å². The molecule has 4 heteroatoms. The molecule has 1 saturated heterocycles. The molecule has 0 bridgehead atoms. The lowest BCUT2D eigenvalue weighted by molar-refractivity contribution is -0.141. The summed E-state index contributed by atoms with van der Waals surface area (Å²) in [5.41, 5.74) is -0.649. The first-order chi connectivity index (χ1) is 7.46. The number of nitrogens with zero attached hydrogens (tertiary/aromatic N) is 2. The summed E-state index contributed by atoms with van der Waals surface area (Å²) in [4.78, 5) is 25.3. The van der Waals surface area contributed by atoms with E-state index in [1.165, 1.54) is 4.90 Å². The Kier molecular flexibility index (Phi) is 2.49. The van der Waals surface area contributed by atoms with Crippen molar-refractivity contribution in [2.45, 2.75) is 33.1 Å². The van der Waals surface area contributed by atoms with Gasteiger partial charge in [-0.15, -0.1) is 0 Å². The number of carbonyl (C=O) groups is 2. The summed E-state index contributed by atoms with van der Waals surface area (Å²) in [6.07, 6.45) is 2.64. The molecular weight excluding hydrogens is 204 g/mol. The summed E-state index contributed by atoms with van der Waals surface area (Å²) < 4.78 is 0. The molecule has 0 spiro atoms. The van der Waals surface area contributed by atoms with Crippen molar-refractivity contribution in [2.24, 2.45) is 17.3 Å². The Hall–Kier alpha value is -1.37. The highest BCUT2D eigenvalue weighted by Gasteiger charge is 2.50. The Morgan fingerprint density at radius 2 is 1.81 bits per heavy atom. The maximum absolute atomic E-state index is 12.0. The van der Waals surface area contributed by atoms with Crippen LogP contribution in [0.1, 0.15) is 33.1 Å². The molecule has 0 aromatic heterocycles. The van der Waals surface area contributed by atoms with Gasteiger partial charge < -0.3 is 0 Å². The average Bonchev–Trinajstić information content (AvgIpc) is 2.79. The first-order valence-electron chi connectivity index (χ1n) is 5.73. The van der Waals surface area contributed by atoms with Gasteiger partial charge in [-0.2, -0.15) is 5.26 Å². The standard InChI is InChI=1S/C12H16N2O2/c1-12(2,6-13)7-14-10(15)8-4-3-5-9(8)11(14)16/h8-9H,3-5,7H2,1-2H3. The van der Waals surface area contributed by atoms with Crippen molar-refractivity contribution in [3.05, 3.63) is 0 Å². The summed E-state index contributed by atoms with van der Waals surface area (Å²) in [6.45, 7) is 3.73. The molecule has 2 aliphatic rings. The van der Waals surface area contributed by atoms with E-state index in [1.54, 1.807) is 13.8 Å². The van der Waals surface area contributed by atoms with Gasteiger partial charge in [0.25, 0.3) is 0 Å². The molecule has 0 N–H and O–H groups in total. The number of imide groups is 1. The molecule has 2 rings (SSSR count). The molecule has 2 unspecified atom stereocenters. The van der Waals surface area contributed by atoms with E-state index in [9.17, 15) is 9.59 Å². The monoisotopic (exact) mass is 220 g/mol. The molecule has 0 radical (unpaired) electrons. The van der Waals surface area contributed by atoms with E-state index in [2.05, 4.69) is 6.07 Å². The largest absolute Gasteiger partial charge is 0.281 e. The lowest BCUT2D eigenvalue weighted by atomic mass is 9.95. The highest BCUT2D eigenvalue weighted by Crippen LogP contribution is 2.40. The second-order valence-corrected chi connectivity index (χ2v) is 5.40. The Balaban J connectivity index is 2.16. The molecule has 0 aromatic rings. The van der Waals surface area contributed by atoms with Gasteiger partial charge in [-0.1, -0.05) is 6.42 Å².